The molecule has 0 radical (unpaired) electrons. The van der Waals surface area contributed by atoms with E-state index in [4.69, 9.17) is 11.6 Å². The van der Waals surface area contributed by atoms with Crippen molar-refractivity contribution < 1.29 is 0 Å². The summed E-state index contributed by atoms with van der Waals surface area (Å²) in [6, 6.07) is 0. The summed E-state index contributed by atoms with van der Waals surface area (Å²) >= 11 is 5.70. The molecular weight excluding hydrogens is 254 g/mol. The van der Waals surface area contributed by atoms with Crippen LogP contribution in [0.25, 0.3) is 0 Å². The lowest BCUT2D eigenvalue weighted by atomic mass is 10.2. The maximum Gasteiger partial charge on any atom is 0.0351 e. The molecule has 0 unspecified atom stereocenters. The molecule has 94 valence electrons. The Bertz CT molecular complexity index is 137. The molecule has 0 amide bonds. The number of hydrogen-bond acceptors (Lipinski definition) is 2. The van der Waals surface area contributed by atoms with Crippen molar-refractivity contribution >= 4 is 36.4 Å². The molecule has 1 rings (SSSR count). The SMILES string of the molecule is CC(C)CN1CCN(CCCl)CC1.Cl.Cl. The molecule has 0 spiro atoms. The summed E-state index contributed by atoms with van der Waals surface area (Å²) in [5.74, 6) is 1.56. The minimum Gasteiger partial charge on any atom is -0.301 e. The molecule has 0 saturated carbocycles. The summed E-state index contributed by atoms with van der Waals surface area (Å²) in [7, 11) is 0. The quantitative estimate of drug-likeness (QED) is 0.728. The van der Waals surface area contributed by atoms with Crippen molar-refractivity contribution in [3.63, 3.8) is 0 Å². The molecule has 1 aliphatic heterocycles. The zero-order chi connectivity index (χ0) is 9.68. The van der Waals surface area contributed by atoms with Crippen LogP contribution in [0.2, 0.25) is 0 Å². The van der Waals surface area contributed by atoms with E-state index in [1.54, 1.807) is 0 Å². The van der Waals surface area contributed by atoms with Crippen molar-refractivity contribution in [3.05, 3.63) is 0 Å². The number of nitrogens with zero attached hydrogens (tertiary/aromatic N) is 2. The summed E-state index contributed by atoms with van der Waals surface area (Å²) in [5, 5.41) is 0. The molecule has 5 heteroatoms. The molecule has 1 saturated heterocycles. The first-order valence-electron chi connectivity index (χ1n) is 5.23. The van der Waals surface area contributed by atoms with E-state index >= 15 is 0 Å². The zero-order valence-electron chi connectivity index (χ0n) is 9.62. The van der Waals surface area contributed by atoms with Crippen LogP contribution < -0.4 is 0 Å². The lowest BCUT2D eigenvalue weighted by Crippen LogP contribution is -2.47. The number of alkyl halides is 1. The van der Waals surface area contributed by atoms with Crippen LogP contribution in [0, 0.1) is 5.92 Å². The molecule has 0 aromatic heterocycles. The minimum atomic E-state index is 0. The average Bonchev–Trinajstić information content (AvgIpc) is 2.08. The van der Waals surface area contributed by atoms with Gasteiger partial charge in [0.05, 0.1) is 0 Å². The van der Waals surface area contributed by atoms with E-state index in [1.165, 1.54) is 32.7 Å². The standard InChI is InChI=1S/C10H21ClN2.2ClH/c1-10(2)9-13-7-5-12(4-3-11)6-8-13;;/h10H,3-9H2,1-2H3;2*1H. The van der Waals surface area contributed by atoms with Gasteiger partial charge in [-0.2, -0.15) is 0 Å². The van der Waals surface area contributed by atoms with E-state index in [9.17, 15) is 0 Å². The van der Waals surface area contributed by atoms with Crippen LogP contribution in [0.15, 0.2) is 0 Å². The molecule has 0 bridgehead atoms. The van der Waals surface area contributed by atoms with E-state index in [0.29, 0.717) is 0 Å². The second-order valence-corrected chi connectivity index (χ2v) is 4.60. The van der Waals surface area contributed by atoms with Crippen LogP contribution in [0.3, 0.4) is 0 Å². The van der Waals surface area contributed by atoms with Gasteiger partial charge in [-0.1, -0.05) is 13.8 Å². The summed E-state index contributed by atoms with van der Waals surface area (Å²) in [5.41, 5.74) is 0. The van der Waals surface area contributed by atoms with Gasteiger partial charge in [-0.3, -0.25) is 4.90 Å². The zero-order valence-corrected chi connectivity index (χ0v) is 12.0. The molecule has 1 heterocycles. The fraction of sp³-hybridized carbons (Fsp3) is 1.00. The minimum absolute atomic E-state index is 0. The lowest BCUT2D eigenvalue weighted by Gasteiger charge is -2.35. The fourth-order valence-electron chi connectivity index (χ4n) is 1.83. The maximum absolute atomic E-state index is 5.70. The van der Waals surface area contributed by atoms with Crippen LogP contribution in [-0.4, -0.2) is 54.9 Å². The first-order valence-corrected chi connectivity index (χ1v) is 5.76. The summed E-state index contributed by atoms with van der Waals surface area (Å²) in [4.78, 5) is 5.00. The number of piperazine rings is 1. The first-order chi connectivity index (χ1) is 6.22. The Morgan fingerprint density at radius 1 is 1.00 bits per heavy atom. The third-order valence-electron chi connectivity index (χ3n) is 2.49. The Balaban J connectivity index is 0. The summed E-state index contributed by atoms with van der Waals surface area (Å²) in [6.45, 7) is 11.7. The van der Waals surface area contributed by atoms with Crippen LogP contribution >= 0.6 is 36.4 Å². The normalized spacial score (nSPS) is 18.4. The molecule has 0 aliphatic carbocycles. The Kier molecular flexibility index (Phi) is 12.1. The van der Waals surface area contributed by atoms with E-state index in [0.717, 1.165) is 18.3 Å². The van der Waals surface area contributed by atoms with E-state index in [-0.39, 0.29) is 24.8 Å². The van der Waals surface area contributed by atoms with Gasteiger partial charge in [-0.05, 0) is 5.92 Å². The van der Waals surface area contributed by atoms with E-state index in [1.807, 2.05) is 0 Å². The van der Waals surface area contributed by atoms with Gasteiger partial charge in [0.25, 0.3) is 0 Å². The van der Waals surface area contributed by atoms with Gasteiger partial charge in [0.2, 0.25) is 0 Å². The van der Waals surface area contributed by atoms with Crippen molar-refractivity contribution in [1.29, 1.82) is 0 Å². The topological polar surface area (TPSA) is 6.48 Å². The largest absolute Gasteiger partial charge is 0.301 e. The second kappa shape index (κ2) is 9.98. The number of hydrogen-bond donors (Lipinski definition) is 0. The van der Waals surface area contributed by atoms with Gasteiger partial charge >= 0.3 is 0 Å². The van der Waals surface area contributed by atoms with Gasteiger partial charge in [0.15, 0.2) is 0 Å². The average molecular weight is 278 g/mol. The van der Waals surface area contributed by atoms with Gasteiger partial charge in [0, 0.05) is 45.1 Å². The molecule has 15 heavy (non-hydrogen) atoms. The number of halogens is 3. The van der Waals surface area contributed by atoms with Crippen LogP contribution in [-0.2, 0) is 0 Å². The van der Waals surface area contributed by atoms with Crippen molar-refractivity contribution in [1.82, 2.24) is 9.80 Å². The molecular formula is C10H23Cl3N2. The maximum atomic E-state index is 5.70. The molecule has 2 nitrogen and oxygen atoms in total. The van der Waals surface area contributed by atoms with E-state index < -0.39 is 0 Å². The Morgan fingerprint density at radius 2 is 1.47 bits per heavy atom. The predicted octanol–water partition coefficient (Wildman–Crippen LogP) is 2.34. The first kappa shape index (κ1) is 18.2. The third kappa shape index (κ3) is 7.64. The summed E-state index contributed by atoms with van der Waals surface area (Å²) in [6.07, 6.45) is 0. The fourth-order valence-corrected chi connectivity index (χ4v) is 2.07. The van der Waals surface area contributed by atoms with Gasteiger partial charge in [-0.25, -0.2) is 0 Å². The highest BCUT2D eigenvalue weighted by Gasteiger charge is 2.16. The third-order valence-corrected chi connectivity index (χ3v) is 2.66. The molecule has 0 atom stereocenters. The molecule has 1 aliphatic rings. The molecule has 1 fully saturated rings. The van der Waals surface area contributed by atoms with Crippen LogP contribution in [0.5, 0.6) is 0 Å². The van der Waals surface area contributed by atoms with Gasteiger partial charge in [0.1, 0.15) is 0 Å². The second-order valence-electron chi connectivity index (χ2n) is 4.23. The van der Waals surface area contributed by atoms with Crippen molar-refractivity contribution in [2.45, 2.75) is 13.8 Å². The smallest absolute Gasteiger partial charge is 0.0351 e. The Hall–Kier alpha value is 0.790. The highest BCUT2D eigenvalue weighted by atomic mass is 35.5. The lowest BCUT2D eigenvalue weighted by molar-refractivity contribution is 0.127. The van der Waals surface area contributed by atoms with Gasteiger partial charge in [-0.15, -0.1) is 36.4 Å². The molecule has 0 aromatic rings. The van der Waals surface area contributed by atoms with E-state index in [2.05, 4.69) is 23.6 Å². The summed E-state index contributed by atoms with van der Waals surface area (Å²) < 4.78 is 0. The van der Waals surface area contributed by atoms with Gasteiger partial charge < -0.3 is 4.90 Å². The van der Waals surface area contributed by atoms with Crippen molar-refractivity contribution in [2.75, 3.05) is 45.1 Å². The Labute approximate surface area is 111 Å². The highest BCUT2D eigenvalue weighted by Crippen LogP contribution is 2.04. The molecule has 0 aromatic carbocycles. The van der Waals surface area contributed by atoms with Crippen molar-refractivity contribution in [2.24, 2.45) is 5.92 Å². The predicted molar refractivity (Wildman–Crippen MR) is 72.9 cm³/mol. The van der Waals surface area contributed by atoms with Crippen molar-refractivity contribution in [3.8, 4) is 0 Å². The monoisotopic (exact) mass is 276 g/mol. The van der Waals surface area contributed by atoms with Crippen LogP contribution in [0.1, 0.15) is 13.8 Å². The highest BCUT2D eigenvalue weighted by molar-refractivity contribution is 6.18. The molecule has 0 N–H and O–H groups in total. The van der Waals surface area contributed by atoms with Crippen LogP contribution in [0.4, 0.5) is 0 Å². The Morgan fingerprint density at radius 3 is 1.87 bits per heavy atom. The number of rotatable bonds is 4.